The van der Waals surface area contributed by atoms with Gasteiger partial charge in [0.2, 0.25) is 0 Å². The van der Waals surface area contributed by atoms with Crippen molar-refractivity contribution >= 4 is 5.91 Å². The van der Waals surface area contributed by atoms with Crippen LogP contribution in [-0.2, 0) is 9.47 Å². The first-order valence-electron chi connectivity index (χ1n) is 5.64. The van der Waals surface area contributed by atoms with Gasteiger partial charge in [-0.25, -0.2) is 4.39 Å². The van der Waals surface area contributed by atoms with E-state index in [2.05, 4.69) is 5.32 Å². The molecule has 0 radical (unpaired) electrons. The highest BCUT2D eigenvalue weighted by molar-refractivity contribution is 5.94. The minimum Gasteiger partial charge on any atom is -0.382 e. The summed E-state index contributed by atoms with van der Waals surface area (Å²) in [6.45, 7) is 2.37. The van der Waals surface area contributed by atoms with Crippen molar-refractivity contribution in [2.75, 3.05) is 27.4 Å². The topological polar surface area (TPSA) is 47.6 Å². The van der Waals surface area contributed by atoms with E-state index in [1.807, 2.05) is 0 Å². The highest BCUT2D eigenvalue weighted by atomic mass is 19.1. The molecule has 0 saturated heterocycles. The van der Waals surface area contributed by atoms with Gasteiger partial charge < -0.3 is 14.8 Å². The van der Waals surface area contributed by atoms with Crippen LogP contribution in [0.1, 0.15) is 15.9 Å². The number of ether oxygens (including phenoxy) is 2. The molecule has 0 heterocycles. The first-order valence-corrected chi connectivity index (χ1v) is 5.64. The molecular weight excluding hydrogens is 237 g/mol. The lowest BCUT2D eigenvalue weighted by Gasteiger charge is -2.15. The Morgan fingerprint density at radius 3 is 2.72 bits per heavy atom. The first-order chi connectivity index (χ1) is 8.58. The number of halogens is 1. The molecule has 0 bridgehead atoms. The highest BCUT2D eigenvalue weighted by Crippen LogP contribution is 2.09. The van der Waals surface area contributed by atoms with Gasteiger partial charge in [-0.2, -0.15) is 0 Å². The Hall–Kier alpha value is -1.46. The molecule has 4 nitrogen and oxygen atoms in total. The van der Waals surface area contributed by atoms with Crippen LogP contribution < -0.4 is 5.32 Å². The van der Waals surface area contributed by atoms with Gasteiger partial charge in [0.15, 0.2) is 0 Å². The second kappa shape index (κ2) is 7.08. The SMILES string of the molecule is COCC(CNC(=O)c1ccc(F)c(C)c1)OC. The number of hydrogen-bond donors (Lipinski definition) is 1. The lowest BCUT2D eigenvalue weighted by atomic mass is 10.1. The van der Waals surface area contributed by atoms with Gasteiger partial charge in [-0.1, -0.05) is 0 Å². The monoisotopic (exact) mass is 255 g/mol. The third kappa shape index (κ3) is 4.09. The van der Waals surface area contributed by atoms with Crippen LogP contribution in [0, 0.1) is 12.7 Å². The van der Waals surface area contributed by atoms with E-state index in [9.17, 15) is 9.18 Å². The fraction of sp³-hybridized carbons (Fsp3) is 0.462. The molecule has 0 aliphatic heterocycles. The van der Waals surface area contributed by atoms with E-state index >= 15 is 0 Å². The Labute approximate surface area is 106 Å². The molecule has 0 aliphatic rings. The van der Waals surface area contributed by atoms with Crippen LogP contribution in [0.4, 0.5) is 4.39 Å². The maximum absolute atomic E-state index is 13.1. The molecule has 5 heteroatoms. The second-order valence-electron chi connectivity index (χ2n) is 3.99. The minimum absolute atomic E-state index is 0.194. The number of methoxy groups -OCH3 is 2. The molecule has 1 amide bonds. The Kier molecular flexibility index (Phi) is 5.74. The van der Waals surface area contributed by atoms with Gasteiger partial charge in [0.1, 0.15) is 5.82 Å². The number of carbonyl (C=O) groups is 1. The van der Waals surface area contributed by atoms with Crippen LogP contribution in [-0.4, -0.2) is 39.4 Å². The standard InChI is InChI=1S/C13H18FNO3/c1-9-6-10(4-5-12(9)14)13(16)15-7-11(18-3)8-17-2/h4-6,11H,7-8H2,1-3H3,(H,15,16). The van der Waals surface area contributed by atoms with E-state index in [1.165, 1.54) is 18.2 Å². The molecule has 0 saturated carbocycles. The number of rotatable bonds is 6. The van der Waals surface area contributed by atoms with Crippen molar-refractivity contribution in [3.63, 3.8) is 0 Å². The third-order valence-electron chi connectivity index (χ3n) is 2.60. The van der Waals surface area contributed by atoms with E-state index in [4.69, 9.17) is 9.47 Å². The van der Waals surface area contributed by atoms with Gasteiger partial charge in [-0.15, -0.1) is 0 Å². The smallest absolute Gasteiger partial charge is 0.251 e. The lowest BCUT2D eigenvalue weighted by Crippen LogP contribution is -2.35. The third-order valence-corrected chi connectivity index (χ3v) is 2.60. The van der Waals surface area contributed by atoms with Gasteiger partial charge in [0.25, 0.3) is 5.91 Å². The largest absolute Gasteiger partial charge is 0.382 e. The van der Waals surface area contributed by atoms with Crippen molar-refractivity contribution in [1.82, 2.24) is 5.32 Å². The molecule has 100 valence electrons. The molecule has 0 aliphatic carbocycles. The van der Waals surface area contributed by atoms with Crippen molar-refractivity contribution in [2.45, 2.75) is 13.0 Å². The molecule has 1 unspecified atom stereocenters. The number of carbonyl (C=O) groups excluding carboxylic acids is 1. The highest BCUT2D eigenvalue weighted by Gasteiger charge is 2.11. The summed E-state index contributed by atoms with van der Waals surface area (Å²) in [6.07, 6.45) is -0.194. The zero-order chi connectivity index (χ0) is 13.5. The fourth-order valence-electron chi connectivity index (χ4n) is 1.49. The molecular formula is C13H18FNO3. The second-order valence-corrected chi connectivity index (χ2v) is 3.99. The van der Waals surface area contributed by atoms with Crippen LogP contribution >= 0.6 is 0 Å². The maximum atomic E-state index is 13.1. The summed E-state index contributed by atoms with van der Waals surface area (Å²) in [6, 6.07) is 4.26. The predicted octanol–water partition coefficient (Wildman–Crippen LogP) is 1.53. The average Bonchev–Trinajstić information content (AvgIpc) is 2.37. The molecule has 1 aromatic carbocycles. The predicted molar refractivity (Wildman–Crippen MR) is 66.1 cm³/mol. The number of amides is 1. The number of benzene rings is 1. The van der Waals surface area contributed by atoms with Gasteiger partial charge in [-0.05, 0) is 30.7 Å². The average molecular weight is 255 g/mol. The molecule has 18 heavy (non-hydrogen) atoms. The van der Waals surface area contributed by atoms with E-state index in [0.29, 0.717) is 24.3 Å². The molecule has 1 N–H and O–H groups in total. The Balaban J connectivity index is 2.57. The number of aryl methyl sites for hydroxylation is 1. The van der Waals surface area contributed by atoms with E-state index < -0.39 is 0 Å². The van der Waals surface area contributed by atoms with Crippen molar-refractivity contribution in [3.05, 3.63) is 35.1 Å². The van der Waals surface area contributed by atoms with Crippen molar-refractivity contribution < 1.29 is 18.7 Å². The van der Waals surface area contributed by atoms with E-state index in [0.717, 1.165) is 0 Å². The lowest BCUT2D eigenvalue weighted by molar-refractivity contribution is 0.0285. The Bertz CT molecular complexity index is 409. The maximum Gasteiger partial charge on any atom is 0.251 e. The zero-order valence-corrected chi connectivity index (χ0v) is 10.8. The van der Waals surface area contributed by atoms with Gasteiger partial charge in [-0.3, -0.25) is 4.79 Å². The van der Waals surface area contributed by atoms with Crippen LogP contribution in [0.2, 0.25) is 0 Å². The summed E-state index contributed by atoms with van der Waals surface area (Å²) in [5.41, 5.74) is 0.879. The van der Waals surface area contributed by atoms with Crippen LogP contribution in [0.15, 0.2) is 18.2 Å². The summed E-state index contributed by atoms with van der Waals surface area (Å²) in [5.74, 6) is -0.572. The summed E-state index contributed by atoms with van der Waals surface area (Å²) >= 11 is 0. The van der Waals surface area contributed by atoms with Crippen molar-refractivity contribution in [1.29, 1.82) is 0 Å². The molecule has 0 aromatic heterocycles. The zero-order valence-electron chi connectivity index (χ0n) is 10.8. The molecule has 1 atom stereocenters. The van der Waals surface area contributed by atoms with Gasteiger partial charge in [0, 0.05) is 26.3 Å². The van der Waals surface area contributed by atoms with E-state index in [-0.39, 0.29) is 17.8 Å². The van der Waals surface area contributed by atoms with Crippen molar-refractivity contribution in [3.8, 4) is 0 Å². The fourth-order valence-corrected chi connectivity index (χ4v) is 1.49. The molecule has 1 rings (SSSR count). The van der Waals surface area contributed by atoms with Crippen LogP contribution in [0.25, 0.3) is 0 Å². The minimum atomic E-state index is -0.319. The van der Waals surface area contributed by atoms with Gasteiger partial charge >= 0.3 is 0 Å². The number of hydrogen-bond acceptors (Lipinski definition) is 3. The van der Waals surface area contributed by atoms with Crippen LogP contribution in [0.3, 0.4) is 0 Å². The first kappa shape index (κ1) is 14.6. The Morgan fingerprint density at radius 2 is 2.17 bits per heavy atom. The molecule has 0 spiro atoms. The summed E-state index contributed by atoms with van der Waals surface area (Å²) < 4.78 is 23.1. The number of nitrogens with one attached hydrogen (secondary N) is 1. The summed E-state index contributed by atoms with van der Waals surface area (Å²) in [5, 5.41) is 2.72. The quantitative estimate of drug-likeness (QED) is 0.838. The van der Waals surface area contributed by atoms with Crippen molar-refractivity contribution in [2.24, 2.45) is 0 Å². The molecule has 1 aromatic rings. The normalized spacial score (nSPS) is 12.2. The molecule has 0 fully saturated rings. The summed E-state index contributed by atoms with van der Waals surface area (Å²) in [7, 11) is 3.12. The van der Waals surface area contributed by atoms with Crippen LogP contribution in [0.5, 0.6) is 0 Å². The van der Waals surface area contributed by atoms with E-state index in [1.54, 1.807) is 21.1 Å². The van der Waals surface area contributed by atoms with Gasteiger partial charge in [0.05, 0.1) is 12.7 Å². The Morgan fingerprint density at radius 1 is 1.44 bits per heavy atom. The summed E-state index contributed by atoms with van der Waals surface area (Å²) in [4.78, 5) is 11.8.